The molecule has 1 aliphatic rings. The minimum absolute atomic E-state index is 0.0851. The lowest BCUT2D eigenvalue weighted by Gasteiger charge is -2.23. The number of halogens is 1. The molecule has 3 heteroatoms. The van der Waals surface area contributed by atoms with Crippen LogP contribution < -0.4 is 10.6 Å². The molecular formula is C11H15BrN2. The number of nitrogens with two attached hydrogens (primary N) is 1. The molecule has 1 aliphatic carbocycles. The number of hydrogen-bond acceptors (Lipinski definition) is 2. The number of hydrogen-bond donors (Lipinski definition) is 1. The van der Waals surface area contributed by atoms with Crippen molar-refractivity contribution in [3.05, 3.63) is 28.7 Å². The Labute approximate surface area is 93.2 Å². The number of nitrogens with zero attached hydrogens (tertiary/aromatic N) is 1. The van der Waals surface area contributed by atoms with E-state index in [4.69, 9.17) is 5.73 Å². The van der Waals surface area contributed by atoms with Crippen LogP contribution in [-0.2, 0) is 0 Å². The van der Waals surface area contributed by atoms with Crippen LogP contribution in [0.15, 0.2) is 28.7 Å². The zero-order valence-corrected chi connectivity index (χ0v) is 9.92. The van der Waals surface area contributed by atoms with Gasteiger partial charge in [-0.05, 0) is 37.1 Å². The molecule has 0 aromatic heterocycles. The first-order chi connectivity index (χ1) is 6.59. The first-order valence-corrected chi connectivity index (χ1v) is 5.64. The van der Waals surface area contributed by atoms with Crippen molar-refractivity contribution in [2.75, 3.05) is 18.5 Å². The van der Waals surface area contributed by atoms with Crippen LogP contribution >= 0.6 is 15.9 Å². The molecule has 14 heavy (non-hydrogen) atoms. The zero-order valence-electron chi connectivity index (χ0n) is 8.33. The van der Waals surface area contributed by atoms with Gasteiger partial charge in [0.05, 0.1) is 0 Å². The first kappa shape index (κ1) is 9.99. The third kappa shape index (κ3) is 2.28. The molecule has 0 bridgehead atoms. The van der Waals surface area contributed by atoms with Crippen molar-refractivity contribution in [3.8, 4) is 0 Å². The molecule has 0 aliphatic heterocycles. The van der Waals surface area contributed by atoms with E-state index in [9.17, 15) is 0 Å². The second-order valence-corrected chi connectivity index (χ2v) is 5.11. The van der Waals surface area contributed by atoms with Crippen LogP contribution in [0.25, 0.3) is 0 Å². The molecule has 2 N–H and O–H groups in total. The summed E-state index contributed by atoms with van der Waals surface area (Å²) in [5.74, 6) is 0. The van der Waals surface area contributed by atoms with Crippen LogP contribution in [-0.4, -0.2) is 19.1 Å². The van der Waals surface area contributed by atoms with E-state index < -0.39 is 0 Å². The molecule has 0 amide bonds. The first-order valence-electron chi connectivity index (χ1n) is 4.85. The molecule has 0 saturated heterocycles. The highest BCUT2D eigenvalue weighted by Gasteiger charge is 2.39. The summed E-state index contributed by atoms with van der Waals surface area (Å²) in [6.45, 7) is 0.953. The van der Waals surface area contributed by atoms with E-state index in [-0.39, 0.29) is 5.54 Å². The smallest absolute Gasteiger partial charge is 0.0365 e. The Hall–Kier alpha value is -0.540. The fourth-order valence-electron chi connectivity index (χ4n) is 1.58. The van der Waals surface area contributed by atoms with Crippen molar-refractivity contribution in [2.45, 2.75) is 18.4 Å². The van der Waals surface area contributed by atoms with E-state index in [0.717, 1.165) is 23.9 Å². The van der Waals surface area contributed by atoms with Gasteiger partial charge in [0.25, 0.3) is 0 Å². The summed E-state index contributed by atoms with van der Waals surface area (Å²) < 4.78 is 1.11. The summed E-state index contributed by atoms with van der Waals surface area (Å²) in [7, 11) is 2.09. The van der Waals surface area contributed by atoms with Crippen LogP contribution in [0.2, 0.25) is 0 Å². The minimum atomic E-state index is 0.0851. The Morgan fingerprint density at radius 3 is 2.43 bits per heavy atom. The maximum Gasteiger partial charge on any atom is 0.0365 e. The fourth-order valence-corrected chi connectivity index (χ4v) is 1.84. The molecule has 76 valence electrons. The molecule has 1 aromatic carbocycles. The van der Waals surface area contributed by atoms with E-state index in [1.165, 1.54) is 5.69 Å². The van der Waals surface area contributed by atoms with E-state index in [1.54, 1.807) is 0 Å². The second kappa shape index (κ2) is 3.55. The van der Waals surface area contributed by atoms with Gasteiger partial charge in [0.15, 0.2) is 0 Å². The molecule has 2 nitrogen and oxygen atoms in total. The molecule has 1 saturated carbocycles. The Balaban J connectivity index is 2.03. The highest BCUT2D eigenvalue weighted by Crippen LogP contribution is 2.33. The van der Waals surface area contributed by atoms with Crippen molar-refractivity contribution in [1.29, 1.82) is 0 Å². The third-order valence-corrected chi connectivity index (χ3v) is 3.24. The van der Waals surface area contributed by atoms with Crippen molar-refractivity contribution in [1.82, 2.24) is 0 Å². The van der Waals surface area contributed by atoms with E-state index >= 15 is 0 Å². The van der Waals surface area contributed by atoms with E-state index in [0.29, 0.717) is 0 Å². The molecule has 1 fully saturated rings. The van der Waals surface area contributed by atoms with Crippen molar-refractivity contribution >= 4 is 21.6 Å². The van der Waals surface area contributed by atoms with Crippen LogP contribution in [0, 0.1) is 0 Å². The van der Waals surface area contributed by atoms with Crippen LogP contribution in [0.3, 0.4) is 0 Å². The van der Waals surface area contributed by atoms with Crippen molar-refractivity contribution in [3.63, 3.8) is 0 Å². The van der Waals surface area contributed by atoms with Gasteiger partial charge in [0.2, 0.25) is 0 Å². The Bertz CT molecular complexity index is 317. The zero-order chi connectivity index (χ0) is 10.2. The number of anilines is 1. The normalized spacial score (nSPS) is 17.9. The fraction of sp³-hybridized carbons (Fsp3) is 0.455. The van der Waals surface area contributed by atoms with Crippen LogP contribution in [0.4, 0.5) is 5.69 Å². The van der Waals surface area contributed by atoms with E-state index in [2.05, 4.69) is 52.1 Å². The lowest BCUT2D eigenvalue weighted by Crippen LogP contribution is -2.37. The molecule has 2 rings (SSSR count). The van der Waals surface area contributed by atoms with Crippen LogP contribution in [0.1, 0.15) is 12.8 Å². The molecule has 1 aromatic rings. The summed E-state index contributed by atoms with van der Waals surface area (Å²) in [4.78, 5) is 2.22. The highest BCUT2D eigenvalue weighted by molar-refractivity contribution is 9.10. The average Bonchev–Trinajstić information content (AvgIpc) is 2.84. The quantitative estimate of drug-likeness (QED) is 0.898. The summed E-state index contributed by atoms with van der Waals surface area (Å²) in [5, 5.41) is 0. The van der Waals surface area contributed by atoms with Gasteiger partial charge in [-0.25, -0.2) is 0 Å². The van der Waals surface area contributed by atoms with Gasteiger partial charge in [0, 0.05) is 29.3 Å². The molecule has 0 unspecified atom stereocenters. The second-order valence-electron chi connectivity index (χ2n) is 4.19. The Morgan fingerprint density at radius 2 is 1.93 bits per heavy atom. The number of benzene rings is 1. The monoisotopic (exact) mass is 254 g/mol. The Kier molecular flexibility index (Phi) is 2.54. The molecule has 0 spiro atoms. The largest absolute Gasteiger partial charge is 0.373 e. The number of likely N-dealkylation sites (N-methyl/N-ethyl adjacent to an activating group) is 1. The van der Waals surface area contributed by atoms with Gasteiger partial charge in [-0.15, -0.1) is 0 Å². The molecule has 0 heterocycles. The summed E-state index contributed by atoms with van der Waals surface area (Å²) in [6, 6.07) is 8.33. The maximum absolute atomic E-state index is 6.06. The average molecular weight is 255 g/mol. The predicted octanol–water partition coefficient (Wildman–Crippen LogP) is 2.38. The van der Waals surface area contributed by atoms with Gasteiger partial charge >= 0.3 is 0 Å². The topological polar surface area (TPSA) is 29.3 Å². The minimum Gasteiger partial charge on any atom is -0.373 e. The lowest BCUT2D eigenvalue weighted by atomic mass is 10.2. The summed E-state index contributed by atoms with van der Waals surface area (Å²) in [6.07, 6.45) is 2.32. The molecule has 0 atom stereocenters. The standard InChI is InChI=1S/C11H15BrN2/c1-14(8-11(13)6-7-11)10-4-2-9(12)3-5-10/h2-5H,6-8,13H2,1H3. The van der Waals surface area contributed by atoms with Crippen molar-refractivity contribution < 1.29 is 0 Å². The van der Waals surface area contributed by atoms with Gasteiger partial charge in [-0.1, -0.05) is 15.9 Å². The SMILES string of the molecule is CN(CC1(N)CC1)c1ccc(Br)cc1. The summed E-state index contributed by atoms with van der Waals surface area (Å²) in [5.41, 5.74) is 7.38. The van der Waals surface area contributed by atoms with Gasteiger partial charge in [-0.2, -0.15) is 0 Å². The highest BCUT2D eigenvalue weighted by atomic mass is 79.9. The molecule has 0 radical (unpaired) electrons. The third-order valence-electron chi connectivity index (χ3n) is 2.71. The predicted molar refractivity (Wildman–Crippen MR) is 63.6 cm³/mol. The van der Waals surface area contributed by atoms with Crippen LogP contribution in [0.5, 0.6) is 0 Å². The number of rotatable bonds is 3. The Morgan fingerprint density at radius 1 is 1.36 bits per heavy atom. The maximum atomic E-state index is 6.06. The van der Waals surface area contributed by atoms with Gasteiger partial charge < -0.3 is 10.6 Å². The van der Waals surface area contributed by atoms with Crippen molar-refractivity contribution in [2.24, 2.45) is 5.73 Å². The summed E-state index contributed by atoms with van der Waals surface area (Å²) >= 11 is 3.43. The van der Waals surface area contributed by atoms with Gasteiger partial charge in [0.1, 0.15) is 0 Å². The van der Waals surface area contributed by atoms with Gasteiger partial charge in [-0.3, -0.25) is 0 Å². The molecular weight excluding hydrogens is 240 g/mol. The lowest BCUT2D eigenvalue weighted by molar-refractivity contribution is 0.660. The van der Waals surface area contributed by atoms with E-state index in [1.807, 2.05) is 0 Å².